The third-order valence-electron chi connectivity index (χ3n) is 3.11. The molecule has 0 aliphatic carbocycles. The Morgan fingerprint density at radius 1 is 1.31 bits per heavy atom. The minimum absolute atomic E-state index is 0.693. The third kappa shape index (κ3) is 6.77. The SMILES string of the molecule is CCNC(C)CCCCSC1CCOCC1. The molecule has 0 radical (unpaired) electrons. The summed E-state index contributed by atoms with van der Waals surface area (Å²) < 4.78 is 5.36. The molecule has 1 aliphatic heterocycles. The van der Waals surface area contributed by atoms with E-state index in [2.05, 4.69) is 30.9 Å². The molecule has 0 aromatic heterocycles. The van der Waals surface area contributed by atoms with Crippen molar-refractivity contribution in [3.63, 3.8) is 0 Å². The first kappa shape index (κ1) is 14.3. The monoisotopic (exact) mass is 245 g/mol. The van der Waals surface area contributed by atoms with Crippen LogP contribution in [0.2, 0.25) is 0 Å². The third-order valence-corrected chi connectivity index (χ3v) is 4.57. The molecule has 0 amide bonds. The fourth-order valence-corrected chi connectivity index (χ4v) is 3.33. The van der Waals surface area contributed by atoms with Crippen LogP contribution >= 0.6 is 11.8 Å². The van der Waals surface area contributed by atoms with E-state index < -0.39 is 0 Å². The normalized spacial score (nSPS) is 19.9. The standard InChI is InChI=1S/C13H27NOS/c1-3-14-12(2)6-4-5-11-16-13-7-9-15-10-8-13/h12-14H,3-11H2,1-2H3. The minimum atomic E-state index is 0.693. The lowest BCUT2D eigenvalue weighted by atomic mass is 10.1. The first-order chi connectivity index (χ1) is 7.83. The Balaban J connectivity index is 1.87. The summed E-state index contributed by atoms with van der Waals surface area (Å²) in [4.78, 5) is 0. The van der Waals surface area contributed by atoms with E-state index >= 15 is 0 Å². The molecule has 1 N–H and O–H groups in total. The summed E-state index contributed by atoms with van der Waals surface area (Å²) in [5, 5.41) is 4.34. The van der Waals surface area contributed by atoms with Crippen LogP contribution in [-0.4, -0.2) is 36.8 Å². The highest BCUT2D eigenvalue weighted by atomic mass is 32.2. The van der Waals surface area contributed by atoms with Gasteiger partial charge < -0.3 is 10.1 Å². The van der Waals surface area contributed by atoms with Crippen LogP contribution in [0.5, 0.6) is 0 Å². The molecular formula is C13H27NOS. The Hall–Kier alpha value is 0.270. The van der Waals surface area contributed by atoms with Gasteiger partial charge in [0, 0.05) is 24.5 Å². The number of thioether (sulfide) groups is 1. The first-order valence-electron chi connectivity index (χ1n) is 6.75. The Labute approximate surface area is 105 Å². The van der Waals surface area contributed by atoms with Crippen LogP contribution < -0.4 is 5.32 Å². The molecule has 0 bridgehead atoms. The molecule has 0 aromatic carbocycles. The summed E-state index contributed by atoms with van der Waals surface area (Å²) in [5.41, 5.74) is 0. The van der Waals surface area contributed by atoms with Crippen molar-refractivity contribution in [2.24, 2.45) is 0 Å². The number of nitrogens with one attached hydrogen (secondary N) is 1. The van der Waals surface area contributed by atoms with Gasteiger partial charge in [-0.15, -0.1) is 0 Å². The lowest BCUT2D eigenvalue weighted by molar-refractivity contribution is 0.100. The maximum absolute atomic E-state index is 5.36. The van der Waals surface area contributed by atoms with Crippen molar-refractivity contribution < 1.29 is 4.74 Å². The van der Waals surface area contributed by atoms with Crippen LogP contribution in [-0.2, 0) is 4.74 Å². The molecule has 1 rings (SSSR count). The second-order valence-electron chi connectivity index (χ2n) is 4.64. The molecule has 1 saturated heterocycles. The lowest BCUT2D eigenvalue weighted by Crippen LogP contribution is -2.25. The fraction of sp³-hybridized carbons (Fsp3) is 1.00. The average Bonchev–Trinajstić information content (AvgIpc) is 2.30. The molecule has 1 heterocycles. The quantitative estimate of drug-likeness (QED) is 0.664. The molecule has 16 heavy (non-hydrogen) atoms. The number of rotatable bonds is 8. The van der Waals surface area contributed by atoms with E-state index in [9.17, 15) is 0 Å². The van der Waals surface area contributed by atoms with Gasteiger partial charge in [-0.05, 0) is 44.9 Å². The van der Waals surface area contributed by atoms with Crippen LogP contribution in [0, 0.1) is 0 Å². The number of hydrogen-bond donors (Lipinski definition) is 1. The Morgan fingerprint density at radius 3 is 2.75 bits per heavy atom. The zero-order chi connectivity index (χ0) is 11.6. The molecule has 0 aromatic rings. The first-order valence-corrected chi connectivity index (χ1v) is 7.80. The van der Waals surface area contributed by atoms with E-state index in [1.54, 1.807) is 0 Å². The highest BCUT2D eigenvalue weighted by Crippen LogP contribution is 2.23. The van der Waals surface area contributed by atoms with Gasteiger partial charge >= 0.3 is 0 Å². The van der Waals surface area contributed by atoms with Crippen LogP contribution in [0.25, 0.3) is 0 Å². The molecule has 0 saturated carbocycles. The molecule has 3 heteroatoms. The maximum atomic E-state index is 5.36. The Kier molecular flexibility index (Phi) is 8.34. The second-order valence-corrected chi connectivity index (χ2v) is 6.05. The van der Waals surface area contributed by atoms with Gasteiger partial charge in [0.2, 0.25) is 0 Å². The van der Waals surface area contributed by atoms with E-state index in [4.69, 9.17) is 4.74 Å². The molecule has 1 aliphatic rings. The van der Waals surface area contributed by atoms with Crippen molar-refractivity contribution in [1.82, 2.24) is 5.32 Å². The minimum Gasteiger partial charge on any atom is -0.381 e. The molecule has 0 spiro atoms. The summed E-state index contributed by atoms with van der Waals surface area (Å²) in [6.45, 7) is 7.52. The van der Waals surface area contributed by atoms with E-state index in [1.165, 1.54) is 37.9 Å². The summed E-state index contributed by atoms with van der Waals surface area (Å²) >= 11 is 2.16. The fourth-order valence-electron chi connectivity index (χ4n) is 2.10. The molecule has 1 unspecified atom stereocenters. The summed E-state index contributed by atoms with van der Waals surface area (Å²) in [7, 11) is 0. The number of ether oxygens (including phenoxy) is 1. The van der Waals surface area contributed by atoms with Gasteiger partial charge in [0.05, 0.1) is 0 Å². The predicted octanol–water partition coefficient (Wildman–Crippen LogP) is 3.07. The largest absolute Gasteiger partial charge is 0.381 e. The van der Waals surface area contributed by atoms with E-state index in [-0.39, 0.29) is 0 Å². The lowest BCUT2D eigenvalue weighted by Gasteiger charge is -2.21. The topological polar surface area (TPSA) is 21.3 Å². The molecule has 2 nitrogen and oxygen atoms in total. The highest BCUT2D eigenvalue weighted by molar-refractivity contribution is 7.99. The van der Waals surface area contributed by atoms with Crippen molar-refractivity contribution >= 4 is 11.8 Å². The Bertz CT molecular complexity index is 160. The number of unbranched alkanes of at least 4 members (excludes halogenated alkanes) is 1. The van der Waals surface area contributed by atoms with Gasteiger partial charge in [0.1, 0.15) is 0 Å². The number of hydrogen-bond acceptors (Lipinski definition) is 3. The van der Waals surface area contributed by atoms with E-state index in [1.807, 2.05) is 0 Å². The van der Waals surface area contributed by atoms with Gasteiger partial charge in [-0.3, -0.25) is 0 Å². The second kappa shape index (κ2) is 9.32. The van der Waals surface area contributed by atoms with Crippen molar-refractivity contribution in [3.8, 4) is 0 Å². The van der Waals surface area contributed by atoms with Gasteiger partial charge in [-0.25, -0.2) is 0 Å². The molecule has 1 atom stereocenters. The average molecular weight is 245 g/mol. The van der Waals surface area contributed by atoms with Gasteiger partial charge in [-0.2, -0.15) is 11.8 Å². The van der Waals surface area contributed by atoms with Crippen LogP contribution in [0.1, 0.15) is 46.0 Å². The molecule has 1 fully saturated rings. The van der Waals surface area contributed by atoms with Crippen LogP contribution in [0.3, 0.4) is 0 Å². The predicted molar refractivity (Wildman–Crippen MR) is 73.3 cm³/mol. The zero-order valence-electron chi connectivity index (χ0n) is 10.8. The van der Waals surface area contributed by atoms with E-state index in [0.29, 0.717) is 6.04 Å². The summed E-state index contributed by atoms with van der Waals surface area (Å²) in [6, 6.07) is 0.693. The van der Waals surface area contributed by atoms with Crippen molar-refractivity contribution in [1.29, 1.82) is 0 Å². The van der Waals surface area contributed by atoms with Crippen molar-refractivity contribution in [2.75, 3.05) is 25.5 Å². The van der Waals surface area contributed by atoms with Crippen molar-refractivity contribution in [3.05, 3.63) is 0 Å². The molecular weight excluding hydrogens is 218 g/mol. The van der Waals surface area contributed by atoms with E-state index in [0.717, 1.165) is 25.0 Å². The summed E-state index contributed by atoms with van der Waals surface area (Å²) in [5.74, 6) is 1.34. The smallest absolute Gasteiger partial charge is 0.0476 e. The van der Waals surface area contributed by atoms with Gasteiger partial charge in [0.25, 0.3) is 0 Å². The Morgan fingerprint density at radius 2 is 2.06 bits per heavy atom. The van der Waals surface area contributed by atoms with Crippen LogP contribution in [0.4, 0.5) is 0 Å². The van der Waals surface area contributed by atoms with Crippen LogP contribution in [0.15, 0.2) is 0 Å². The summed E-state index contributed by atoms with van der Waals surface area (Å²) in [6.07, 6.45) is 6.58. The zero-order valence-corrected chi connectivity index (χ0v) is 11.7. The highest BCUT2D eigenvalue weighted by Gasteiger charge is 2.13. The maximum Gasteiger partial charge on any atom is 0.0476 e. The van der Waals surface area contributed by atoms with Gasteiger partial charge in [-0.1, -0.05) is 13.3 Å². The van der Waals surface area contributed by atoms with Gasteiger partial charge in [0.15, 0.2) is 0 Å². The molecule has 96 valence electrons. The van der Waals surface area contributed by atoms with Crippen molar-refractivity contribution in [2.45, 2.75) is 57.2 Å².